The smallest absolute Gasteiger partial charge is 0.224 e. The Labute approximate surface area is 131 Å². The molecule has 120 valence electrons. The van der Waals surface area contributed by atoms with Crippen LogP contribution in [0.4, 0.5) is 11.8 Å². The fourth-order valence-electron chi connectivity index (χ4n) is 1.98. The maximum absolute atomic E-state index is 9.04. The molecule has 0 radical (unpaired) electrons. The number of hydrogen-bond acceptors (Lipinski definition) is 6. The lowest BCUT2D eigenvalue weighted by Crippen LogP contribution is -2.23. The zero-order chi connectivity index (χ0) is 15.7. The monoisotopic (exact) mass is 316 g/mol. The Morgan fingerprint density at radius 2 is 1.67 bits per heavy atom. The highest BCUT2D eigenvalue weighted by atomic mass is 35.5. The van der Waals surface area contributed by atoms with Crippen molar-refractivity contribution in [2.45, 2.75) is 51.6 Å². The lowest BCUT2D eigenvalue weighted by Gasteiger charge is -2.19. The van der Waals surface area contributed by atoms with E-state index < -0.39 is 0 Å². The molecule has 0 aliphatic heterocycles. The summed E-state index contributed by atoms with van der Waals surface area (Å²) in [7, 11) is 0. The molecule has 0 aliphatic carbocycles. The molecule has 0 spiro atoms. The topological polar surface area (TPSA) is 90.3 Å². The van der Waals surface area contributed by atoms with E-state index in [0.717, 1.165) is 12.8 Å². The third-order valence-corrected chi connectivity index (χ3v) is 3.64. The Hall–Kier alpha value is -1.11. The molecule has 0 amide bonds. The Morgan fingerprint density at radius 1 is 1.10 bits per heavy atom. The molecular formula is C14H25ClN4O2. The molecule has 7 heteroatoms. The van der Waals surface area contributed by atoms with E-state index in [0.29, 0.717) is 29.6 Å². The minimum absolute atomic E-state index is 0.119. The van der Waals surface area contributed by atoms with Crippen molar-refractivity contribution in [2.24, 2.45) is 0 Å². The number of halogens is 1. The van der Waals surface area contributed by atoms with Gasteiger partial charge in [-0.05, 0) is 25.7 Å². The van der Waals surface area contributed by atoms with Crippen LogP contribution < -0.4 is 10.6 Å². The lowest BCUT2D eigenvalue weighted by atomic mass is 10.1. The van der Waals surface area contributed by atoms with Crippen LogP contribution in [0.25, 0.3) is 0 Å². The van der Waals surface area contributed by atoms with Gasteiger partial charge in [-0.2, -0.15) is 4.98 Å². The average molecular weight is 317 g/mol. The highest BCUT2D eigenvalue weighted by Crippen LogP contribution is 2.22. The summed E-state index contributed by atoms with van der Waals surface area (Å²) in [6.45, 7) is 4.32. The number of aliphatic hydroxyl groups is 2. The van der Waals surface area contributed by atoms with E-state index in [1.807, 2.05) is 13.8 Å². The third-order valence-electron chi connectivity index (χ3n) is 3.36. The molecule has 0 aromatic carbocycles. The molecule has 2 atom stereocenters. The van der Waals surface area contributed by atoms with Gasteiger partial charge in [-0.1, -0.05) is 25.4 Å². The second kappa shape index (κ2) is 9.76. The molecule has 0 bridgehead atoms. The Kier molecular flexibility index (Phi) is 8.34. The van der Waals surface area contributed by atoms with Gasteiger partial charge in [0.15, 0.2) is 5.82 Å². The van der Waals surface area contributed by atoms with Crippen LogP contribution in [-0.4, -0.2) is 45.5 Å². The number of nitrogens with zero attached hydrogens (tertiary/aromatic N) is 2. The van der Waals surface area contributed by atoms with Crippen molar-refractivity contribution in [3.63, 3.8) is 0 Å². The fourth-order valence-corrected chi connectivity index (χ4v) is 2.13. The Morgan fingerprint density at radius 3 is 2.19 bits per heavy atom. The van der Waals surface area contributed by atoms with E-state index in [-0.39, 0.29) is 25.3 Å². The van der Waals surface area contributed by atoms with Crippen molar-refractivity contribution in [3.05, 3.63) is 11.2 Å². The molecule has 1 aromatic heterocycles. The van der Waals surface area contributed by atoms with Crippen LogP contribution in [0, 0.1) is 0 Å². The summed E-state index contributed by atoms with van der Waals surface area (Å²) in [5.41, 5.74) is 0. The van der Waals surface area contributed by atoms with Gasteiger partial charge in [0.1, 0.15) is 5.02 Å². The second-order valence-electron chi connectivity index (χ2n) is 4.91. The summed E-state index contributed by atoms with van der Waals surface area (Å²) in [5.74, 6) is 1.05. The highest BCUT2D eigenvalue weighted by Gasteiger charge is 2.12. The van der Waals surface area contributed by atoms with Gasteiger partial charge in [-0.15, -0.1) is 0 Å². The maximum atomic E-state index is 9.04. The van der Waals surface area contributed by atoms with Crippen molar-refractivity contribution in [1.82, 2.24) is 9.97 Å². The third kappa shape index (κ3) is 6.03. The predicted molar refractivity (Wildman–Crippen MR) is 85.9 cm³/mol. The summed E-state index contributed by atoms with van der Waals surface area (Å²) < 4.78 is 0. The zero-order valence-electron chi connectivity index (χ0n) is 12.6. The number of aromatic nitrogens is 2. The maximum Gasteiger partial charge on any atom is 0.224 e. The first-order valence-corrected chi connectivity index (χ1v) is 7.79. The van der Waals surface area contributed by atoms with Crippen LogP contribution in [0.2, 0.25) is 5.02 Å². The summed E-state index contributed by atoms with van der Waals surface area (Å²) >= 11 is 6.11. The first-order valence-electron chi connectivity index (χ1n) is 7.41. The molecular weight excluding hydrogens is 292 g/mol. The van der Waals surface area contributed by atoms with Gasteiger partial charge in [-0.3, -0.25) is 0 Å². The molecule has 1 rings (SSSR count). The van der Waals surface area contributed by atoms with E-state index in [2.05, 4.69) is 20.6 Å². The van der Waals surface area contributed by atoms with Crippen LogP contribution in [0.1, 0.15) is 39.5 Å². The van der Waals surface area contributed by atoms with Crippen LogP contribution in [0.3, 0.4) is 0 Å². The van der Waals surface area contributed by atoms with Crippen LogP contribution >= 0.6 is 11.6 Å². The first-order chi connectivity index (χ1) is 10.1. The van der Waals surface area contributed by atoms with E-state index in [9.17, 15) is 0 Å². The SMILES string of the molecule is CCC(CCO)Nc1ncc(Cl)c(NC(CC)CCO)n1. The van der Waals surface area contributed by atoms with Crippen LogP contribution in [0.5, 0.6) is 0 Å². The number of nitrogens with one attached hydrogen (secondary N) is 2. The lowest BCUT2D eigenvalue weighted by molar-refractivity contribution is 0.278. The summed E-state index contributed by atoms with van der Waals surface area (Å²) in [6, 6.07) is 0.248. The molecule has 0 aliphatic rings. The molecule has 4 N–H and O–H groups in total. The van der Waals surface area contributed by atoms with Gasteiger partial charge in [0.2, 0.25) is 5.95 Å². The molecule has 0 fully saturated rings. The van der Waals surface area contributed by atoms with E-state index in [1.54, 1.807) is 6.20 Å². The predicted octanol–water partition coefficient (Wildman–Crippen LogP) is 2.28. The summed E-state index contributed by atoms with van der Waals surface area (Å²) in [4.78, 5) is 8.55. The molecule has 0 saturated heterocycles. The molecule has 0 saturated carbocycles. The molecule has 1 aromatic rings. The quantitative estimate of drug-likeness (QED) is 0.529. The van der Waals surface area contributed by atoms with Gasteiger partial charge in [0.25, 0.3) is 0 Å². The van der Waals surface area contributed by atoms with E-state index in [4.69, 9.17) is 21.8 Å². The Bertz CT molecular complexity index is 420. The van der Waals surface area contributed by atoms with E-state index >= 15 is 0 Å². The van der Waals surface area contributed by atoms with Crippen molar-refractivity contribution in [2.75, 3.05) is 23.8 Å². The summed E-state index contributed by atoms with van der Waals surface area (Å²) in [6.07, 6.45) is 4.58. The van der Waals surface area contributed by atoms with E-state index in [1.165, 1.54) is 0 Å². The second-order valence-corrected chi connectivity index (χ2v) is 5.32. The van der Waals surface area contributed by atoms with Gasteiger partial charge < -0.3 is 20.8 Å². The van der Waals surface area contributed by atoms with Gasteiger partial charge >= 0.3 is 0 Å². The fraction of sp³-hybridized carbons (Fsp3) is 0.714. The first kappa shape index (κ1) is 17.9. The minimum Gasteiger partial charge on any atom is -0.396 e. The standard InChI is InChI=1S/C14H25ClN4O2/c1-3-10(5-7-20)17-13-12(15)9-16-14(19-13)18-11(4-2)6-8-21/h9-11,20-21H,3-8H2,1-2H3,(H2,16,17,18,19). The molecule has 21 heavy (non-hydrogen) atoms. The number of anilines is 2. The van der Waals surface area contributed by atoms with Gasteiger partial charge in [0.05, 0.1) is 6.20 Å². The minimum atomic E-state index is 0.119. The zero-order valence-corrected chi connectivity index (χ0v) is 13.4. The van der Waals surface area contributed by atoms with Crippen molar-refractivity contribution < 1.29 is 10.2 Å². The number of hydrogen-bond donors (Lipinski definition) is 4. The Balaban J connectivity index is 2.78. The molecule has 2 unspecified atom stereocenters. The summed E-state index contributed by atoms with van der Waals surface area (Å²) in [5, 5.41) is 24.9. The average Bonchev–Trinajstić information content (AvgIpc) is 2.49. The molecule has 1 heterocycles. The van der Waals surface area contributed by atoms with Crippen LogP contribution in [0.15, 0.2) is 6.20 Å². The highest BCUT2D eigenvalue weighted by molar-refractivity contribution is 6.32. The normalized spacial score (nSPS) is 13.8. The molecule has 6 nitrogen and oxygen atoms in total. The number of rotatable bonds is 10. The van der Waals surface area contributed by atoms with Crippen molar-refractivity contribution in [1.29, 1.82) is 0 Å². The largest absolute Gasteiger partial charge is 0.396 e. The van der Waals surface area contributed by atoms with Crippen molar-refractivity contribution in [3.8, 4) is 0 Å². The number of aliphatic hydroxyl groups excluding tert-OH is 2. The van der Waals surface area contributed by atoms with Gasteiger partial charge in [-0.25, -0.2) is 4.98 Å². The van der Waals surface area contributed by atoms with Crippen molar-refractivity contribution >= 4 is 23.4 Å². The van der Waals surface area contributed by atoms with Crippen LogP contribution in [-0.2, 0) is 0 Å². The van der Waals surface area contributed by atoms with Gasteiger partial charge in [0, 0.05) is 25.3 Å².